The van der Waals surface area contributed by atoms with Crippen molar-refractivity contribution in [3.63, 3.8) is 0 Å². The van der Waals surface area contributed by atoms with E-state index in [1.165, 1.54) is 16.2 Å². The number of carbonyl (C=O) groups excluding carboxylic acids is 2. The lowest BCUT2D eigenvalue weighted by atomic mass is 10.1. The molecule has 0 fully saturated rings. The molecule has 3 rings (SSSR count). The first-order chi connectivity index (χ1) is 14.0. The first-order valence-electron chi connectivity index (χ1n) is 9.16. The van der Waals surface area contributed by atoms with Crippen LogP contribution in [-0.4, -0.2) is 30.0 Å². The van der Waals surface area contributed by atoms with Crippen molar-refractivity contribution >= 4 is 28.3 Å². The Hall–Kier alpha value is -3.25. The van der Waals surface area contributed by atoms with Gasteiger partial charge in [-0.05, 0) is 25.5 Å². The van der Waals surface area contributed by atoms with Crippen molar-refractivity contribution in [2.45, 2.75) is 13.8 Å². The van der Waals surface area contributed by atoms with Gasteiger partial charge in [-0.3, -0.25) is 9.69 Å². The summed E-state index contributed by atoms with van der Waals surface area (Å²) in [5.74, 6) is -0.861. The fourth-order valence-electron chi connectivity index (χ4n) is 2.78. The minimum atomic E-state index is -0.512. The number of esters is 1. The van der Waals surface area contributed by atoms with Gasteiger partial charge in [0.1, 0.15) is 0 Å². The smallest absolute Gasteiger partial charge is 0.338 e. The van der Waals surface area contributed by atoms with E-state index < -0.39 is 5.97 Å². The second kappa shape index (κ2) is 9.30. The van der Waals surface area contributed by atoms with E-state index in [9.17, 15) is 9.59 Å². The molecule has 1 heterocycles. The van der Waals surface area contributed by atoms with Gasteiger partial charge >= 0.3 is 5.97 Å². The highest BCUT2D eigenvalue weighted by molar-refractivity contribution is 7.14. The highest BCUT2D eigenvalue weighted by Crippen LogP contribution is 2.27. The maximum absolute atomic E-state index is 12.7. The highest BCUT2D eigenvalue weighted by Gasteiger charge is 2.21. The summed E-state index contributed by atoms with van der Waals surface area (Å²) in [6.45, 7) is 7.37. The number of ether oxygens (including phenoxy) is 1. The van der Waals surface area contributed by atoms with Crippen molar-refractivity contribution in [1.82, 2.24) is 4.98 Å². The molecule has 0 bridgehead atoms. The summed E-state index contributed by atoms with van der Waals surface area (Å²) in [6, 6.07) is 15.3. The molecule has 2 aromatic carbocycles. The summed E-state index contributed by atoms with van der Waals surface area (Å²) in [5.41, 5.74) is 4.00. The summed E-state index contributed by atoms with van der Waals surface area (Å²) < 4.78 is 5.28. The number of hydrogen-bond donors (Lipinski definition) is 0. The molecule has 29 heavy (non-hydrogen) atoms. The number of thiazole rings is 1. The van der Waals surface area contributed by atoms with Crippen molar-refractivity contribution < 1.29 is 14.3 Å². The fourth-order valence-corrected chi connectivity index (χ4v) is 3.64. The van der Waals surface area contributed by atoms with Crippen LogP contribution >= 0.6 is 11.3 Å². The van der Waals surface area contributed by atoms with Crippen LogP contribution in [0.3, 0.4) is 0 Å². The van der Waals surface area contributed by atoms with Crippen LogP contribution in [0.2, 0.25) is 0 Å². The number of anilines is 1. The second-order valence-corrected chi connectivity index (χ2v) is 7.41. The van der Waals surface area contributed by atoms with E-state index in [-0.39, 0.29) is 19.1 Å². The lowest BCUT2D eigenvalue weighted by Crippen LogP contribution is -2.35. The van der Waals surface area contributed by atoms with Gasteiger partial charge in [-0.2, -0.15) is 0 Å². The monoisotopic (exact) mass is 406 g/mol. The minimum absolute atomic E-state index is 0.279. The van der Waals surface area contributed by atoms with Crippen LogP contribution in [-0.2, 0) is 9.53 Å². The van der Waals surface area contributed by atoms with E-state index in [0.29, 0.717) is 10.7 Å². The van der Waals surface area contributed by atoms with Crippen molar-refractivity contribution in [2.75, 3.05) is 18.1 Å². The van der Waals surface area contributed by atoms with Crippen LogP contribution in [0.1, 0.15) is 21.5 Å². The molecule has 0 aliphatic carbocycles. The Labute approximate surface area is 174 Å². The van der Waals surface area contributed by atoms with Gasteiger partial charge in [0, 0.05) is 17.5 Å². The largest absolute Gasteiger partial charge is 0.452 e. The van der Waals surface area contributed by atoms with Crippen LogP contribution in [0, 0.1) is 13.8 Å². The maximum atomic E-state index is 12.7. The molecular formula is C23H22N2O3S. The fraction of sp³-hybridized carbons (Fsp3) is 0.174. The number of nitrogens with zero attached hydrogens (tertiary/aromatic N) is 2. The summed E-state index contributed by atoms with van der Waals surface area (Å²) in [5, 5.41) is 2.44. The third-order valence-electron chi connectivity index (χ3n) is 4.34. The lowest BCUT2D eigenvalue weighted by molar-refractivity contribution is -0.121. The standard InChI is InChI=1S/C23H22N2O3S/c1-4-12-25(23-24-20(15-29-23)18-8-6-5-7-9-18)21(26)14-28-22(27)19-13-16(2)10-11-17(19)3/h4-11,13,15H,1,12,14H2,2-3H3. The molecule has 5 nitrogen and oxygen atoms in total. The van der Waals surface area contributed by atoms with E-state index in [1.54, 1.807) is 12.1 Å². The normalized spacial score (nSPS) is 10.4. The first-order valence-corrected chi connectivity index (χ1v) is 10.0. The minimum Gasteiger partial charge on any atom is -0.452 e. The Morgan fingerprint density at radius 1 is 1.17 bits per heavy atom. The number of amides is 1. The summed E-state index contributed by atoms with van der Waals surface area (Å²) in [7, 11) is 0. The molecule has 3 aromatic rings. The Morgan fingerprint density at radius 3 is 2.66 bits per heavy atom. The molecule has 0 radical (unpaired) electrons. The Morgan fingerprint density at radius 2 is 1.93 bits per heavy atom. The zero-order valence-corrected chi connectivity index (χ0v) is 17.2. The van der Waals surface area contributed by atoms with E-state index in [2.05, 4.69) is 11.6 Å². The molecule has 6 heteroatoms. The van der Waals surface area contributed by atoms with E-state index in [4.69, 9.17) is 4.74 Å². The SMILES string of the molecule is C=CCN(C(=O)COC(=O)c1cc(C)ccc1C)c1nc(-c2ccccc2)cs1. The molecular weight excluding hydrogens is 384 g/mol. The third kappa shape index (κ3) is 4.97. The number of rotatable bonds is 7. The molecule has 0 saturated carbocycles. The first kappa shape index (κ1) is 20.5. The highest BCUT2D eigenvalue weighted by atomic mass is 32.1. The number of carbonyl (C=O) groups is 2. The number of hydrogen-bond acceptors (Lipinski definition) is 5. The lowest BCUT2D eigenvalue weighted by Gasteiger charge is -2.18. The summed E-state index contributed by atoms with van der Waals surface area (Å²) >= 11 is 1.36. The molecule has 1 amide bonds. The van der Waals surface area contributed by atoms with Crippen molar-refractivity contribution in [2.24, 2.45) is 0 Å². The van der Waals surface area contributed by atoms with Gasteiger partial charge in [-0.1, -0.05) is 54.1 Å². The predicted molar refractivity (Wildman–Crippen MR) is 116 cm³/mol. The maximum Gasteiger partial charge on any atom is 0.338 e. The molecule has 0 unspecified atom stereocenters. The van der Waals surface area contributed by atoms with E-state index in [0.717, 1.165) is 22.4 Å². The molecule has 148 valence electrons. The number of aryl methyl sites for hydroxylation is 2. The molecule has 0 N–H and O–H groups in total. The van der Waals surface area contributed by atoms with Crippen LogP contribution in [0.4, 0.5) is 5.13 Å². The zero-order valence-electron chi connectivity index (χ0n) is 16.4. The van der Waals surface area contributed by atoms with Gasteiger partial charge in [0.15, 0.2) is 11.7 Å². The zero-order chi connectivity index (χ0) is 20.8. The van der Waals surface area contributed by atoms with Gasteiger partial charge in [0.05, 0.1) is 11.3 Å². The Bertz CT molecular complexity index is 1030. The van der Waals surface area contributed by atoms with Crippen molar-refractivity contribution in [3.05, 3.63) is 83.3 Å². The van der Waals surface area contributed by atoms with Crippen molar-refractivity contribution in [3.8, 4) is 11.3 Å². The summed E-state index contributed by atoms with van der Waals surface area (Å²) in [6.07, 6.45) is 1.62. The third-order valence-corrected chi connectivity index (χ3v) is 5.21. The Balaban J connectivity index is 1.71. The number of aromatic nitrogens is 1. The average Bonchev–Trinajstić information content (AvgIpc) is 3.22. The van der Waals surface area contributed by atoms with Crippen molar-refractivity contribution in [1.29, 1.82) is 0 Å². The van der Waals surface area contributed by atoms with Gasteiger partial charge in [-0.25, -0.2) is 9.78 Å². The molecule has 0 aliphatic heterocycles. The van der Waals surface area contributed by atoms with Gasteiger partial charge in [-0.15, -0.1) is 17.9 Å². The van der Waals surface area contributed by atoms with Crippen LogP contribution in [0.25, 0.3) is 11.3 Å². The Kier molecular flexibility index (Phi) is 6.57. The quantitative estimate of drug-likeness (QED) is 0.418. The molecule has 0 saturated heterocycles. The average molecular weight is 407 g/mol. The van der Waals surface area contributed by atoms with Gasteiger partial charge in [0.25, 0.3) is 5.91 Å². The topological polar surface area (TPSA) is 59.5 Å². The molecule has 1 aromatic heterocycles. The molecule has 0 aliphatic rings. The summed E-state index contributed by atoms with van der Waals surface area (Å²) in [4.78, 5) is 31.2. The van der Waals surface area contributed by atoms with Gasteiger partial charge in [0.2, 0.25) is 0 Å². The number of benzene rings is 2. The predicted octanol–water partition coefficient (Wildman–Crippen LogP) is 4.80. The van der Waals surface area contributed by atoms with E-state index >= 15 is 0 Å². The molecule has 0 atom stereocenters. The van der Waals surface area contributed by atoms with Crippen LogP contribution < -0.4 is 4.90 Å². The van der Waals surface area contributed by atoms with Crippen LogP contribution in [0.15, 0.2) is 66.6 Å². The van der Waals surface area contributed by atoms with E-state index in [1.807, 2.05) is 61.7 Å². The van der Waals surface area contributed by atoms with Gasteiger partial charge < -0.3 is 4.74 Å². The van der Waals surface area contributed by atoms with Crippen LogP contribution in [0.5, 0.6) is 0 Å². The second-order valence-electron chi connectivity index (χ2n) is 6.57. The molecule has 0 spiro atoms.